The van der Waals surface area contributed by atoms with Gasteiger partial charge in [-0.15, -0.1) is 0 Å². The molecule has 1 saturated carbocycles. The number of hydrogen-bond acceptors (Lipinski definition) is 2. The van der Waals surface area contributed by atoms with Crippen molar-refractivity contribution in [1.82, 2.24) is 5.32 Å². The molecule has 1 aromatic carbocycles. The van der Waals surface area contributed by atoms with Crippen molar-refractivity contribution in [1.29, 1.82) is 0 Å². The van der Waals surface area contributed by atoms with Gasteiger partial charge in [-0.3, -0.25) is 0 Å². The van der Waals surface area contributed by atoms with Crippen LogP contribution in [0.5, 0.6) is 5.75 Å². The minimum Gasteiger partial charge on any atom is -0.492 e. The number of rotatable bonds is 5. The van der Waals surface area contributed by atoms with E-state index in [0.717, 1.165) is 35.3 Å². The Kier molecular flexibility index (Phi) is 4.24. The molecular weight excluding hydrogens is 266 g/mol. The summed E-state index contributed by atoms with van der Waals surface area (Å²) in [6, 6.07) is 8.68. The highest BCUT2D eigenvalue weighted by atomic mass is 79.9. The second-order valence-electron chi connectivity index (χ2n) is 4.53. The fourth-order valence-electron chi connectivity index (χ4n) is 2.06. The van der Waals surface area contributed by atoms with Gasteiger partial charge in [0.1, 0.15) is 12.4 Å². The molecule has 2 rings (SSSR count). The first kappa shape index (κ1) is 11.9. The lowest BCUT2D eigenvalue weighted by Crippen LogP contribution is -2.41. The van der Waals surface area contributed by atoms with Crippen LogP contribution in [0, 0.1) is 5.92 Å². The van der Waals surface area contributed by atoms with E-state index in [0.29, 0.717) is 0 Å². The van der Waals surface area contributed by atoms with Crippen LogP contribution >= 0.6 is 15.9 Å². The molecule has 1 aliphatic carbocycles. The minimum absolute atomic E-state index is 0.723. The fourth-order valence-corrected chi connectivity index (χ4v) is 2.44. The third-order valence-corrected chi connectivity index (χ3v) is 3.47. The van der Waals surface area contributed by atoms with E-state index in [1.165, 1.54) is 12.8 Å². The topological polar surface area (TPSA) is 21.3 Å². The summed E-state index contributed by atoms with van der Waals surface area (Å²) in [5, 5.41) is 3.50. The molecule has 0 aromatic heterocycles. The molecule has 88 valence electrons. The molecule has 1 aliphatic rings. The van der Waals surface area contributed by atoms with E-state index >= 15 is 0 Å². The van der Waals surface area contributed by atoms with E-state index in [-0.39, 0.29) is 0 Å². The summed E-state index contributed by atoms with van der Waals surface area (Å²) in [6.07, 6.45) is 2.63. The molecule has 1 N–H and O–H groups in total. The van der Waals surface area contributed by atoms with Gasteiger partial charge in [-0.1, -0.05) is 28.9 Å². The molecule has 3 heteroatoms. The van der Waals surface area contributed by atoms with Gasteiger partial charge in [-0.25, -0.2) is 0 Å². The lowest BCUT2D eigenvalue weighted by Gasteiger charge is -2.33. The van der Waals surface area contributed by atoms with Crippen LogP contribution in [0.25, 0.3) is 0 Å². The number of nitrogens with one attached hydrogen (secondary N) is 1. The Morgan fingerprint density at radius 3 is 2.94 bits per heavy atom. The van der Waals surface area contributed by atoms with E-state index in [1.54, 1.807) is 0 Å². The van der Waals surface area contributed by atoms with Crippen molar-refractivity contribution in [3.05, 3.63) is 28.7 Å². The quantitative estimate of drug-likeness (QED) is 0.838. The molecule has 0 amide bonds. The summed E-state index contributed by atoms with van der Waals surface area (Å²) in [5.41, 5.74) is 0. The zero-order chi connectivity index (χ0) is 11.4. The zero-order valence-electron chi connectivity index (χ0n) is 9.58. The van der Waals surface area contributed by atoms with Crippen LogP contribution in [0.2, 0.25) is 0 Å². The molecule has 0 bridgehead atoms. The Hall–Kier alpha value is -0.540. The molecule has 1 aromatic rings. The molecule has 0 heterocycles. The number of ether oxygens (including phenoxy) is 1. The Morgan fingerprint density at radius 2 is 2.25 bits per heavy atom. The van der Waals surface area contributed by atoms with Crippen LogP contribution in [0.4, 0.5) is 0 Å². The molecule has 0 spiro atoms. The molecule has 0 saturated heterocycles. The Morgan fingerprint density at radius 1 is 1.44 bits per heavy atom. The van der Waals surface area contributed by atoms with E-state index < -0.39 is 0 Å². The van der Waals surface area contributed by atoms with Crippen molar-refractivity contribution in [3.8, 4) is 5.75 Å². The number of benzene rings is 1. The van der Waals surface area contributed by atoms with Gasteiger partial charge in [0, 0.05) is 17.1 Å². The average Bonchev–Trinajstić information content (AvgIpc) is 2.21. The molecule has 2 nitrogen and oxygen atoms in total. The van der Waals surface area contributed by atoms with Gasteiger partial charge in [-0.2, -0.15) is 0 Å². The van der Waals surface area contributed by atoms with Crippen LogP contribution in [0.3, 0.4) is 0 Å². The molecular formula is C13H18BrNO. The largest absolute Gasteiger partial charge is 0.492 e. The lowest BCUT2D eigenvalue weighted by atomic mass is 9.82. The minimum atomic E-state index is 0.723. The van der Waals surface area contributed by atoms with Crippen molar-refractivity contribution in [2.75, 3.05) is 13.2 Å². The highest BCUT2D eigenvalue weighted by Gasteiger charge is 2.24. The third kappa shape index (κ3) is 3.49. The van der Waals surface area contributed by atoms with Gasteiger partial charge >= 0.3 is 0 Å². The standard InChI is InChI=1S/C13H18BrNO/c1-10-7-12(8-10)15-5-6-16-13-4-2-3-11(14)9-13/h2-4,9-10,12,15H,5-8H2,1H3. The van der Waals surface area contributed by atoms with Gasteiger partial charge < -0.3 is 10.1 Å². The predicted octanol–water partition coefficient (Wildman–Crippen LogP) is 3.22. The number of halogens is 1. The first-order valence-electron chi connectivity index (χ1n) is 5.86. The second kappa shape index (κ2) is 5.69. The maximum atomic E-state index is 5.64. The zero-order valence-corrected chi connectivity index (χ0v) is 11.2. The van der Waals surface area contributed by atoms with Gasteiger partial charge in [0.05, 0.1) is 0 Å². The normalized spacial score (nSPS) is 23.9. The highest BCUT2D eigenvalue weighted by molar-refractivity contribution is 9.10. The van der Waals surface area contributed by atoms with Crippen LogP contribution in [-0.4, -0.2) is 19.2 Å². The van der Waals surface area contributed by atoms with E-state index in [2.05, 4.69) is 28.2 Å². The predicted molar refractivity (Wildman–Crippen MR) is 69.8 cm³/mol. The van der Waals surface area contributed by atoms with Gasteiger partial charge in [0.25, 0.3) is 0 Å². The monoisotopic (exact) mass is 283 g/mol. The lowest BCUT2D eigenvalue weighted by molar-refractivity contribution is 0.223. The van der Waals surface area contributed by atoms with Crippen LogP contribution in [0.1, 0.15) is 19.8 Å². The van der Waals surface area contributed by atoms with Gasteiger partial charge in [0.15, 0.2) is 0 Å². The Bertz CT molecular complexity index is 336. The van der Waals surface area contributed by atoms with Crippen LogP contribution < -0.4 is 10.1 Å². The van der Waals surface area contributed by atoms with Gasteiger partial charge in [0.2, 0.25) is 0 Å². The van der Waals surface area contributed by atoms with E-state index in [4.69, 9.17) is 4.74 Å². The molecule has 0 unspecified atom stereocenters. The van der Waals surface area contributed by atoms with E-state index in [1.807, 2.05) is 24.3 Å². The molecule has 0 aliphatic heterocycles. The molecule has 16 heavy (non-hydrogen) atoms. The van der Waals surface area contributed by atoms with Crippen molar-refractivity contribution in [2.45, 2.75) is 25.8 Å². The van der Waals surface area contributed by atoms with Crippen molar-refractivity contribution in [2.24, 2.45) is 5.92 Å². The highest BCUT2D eigenvalue weighted by Crippen LogP contribution is 2.25. The van der Waals surface area contributed by atoms with Crippen molar-refractivity contribution in [3.63, 3.8) is 0 Å². The summed E-state index contributed by atoms with van der Waals surface area (Å²) in [6.45, 7) is 3.97. The summed E-state index contributed by atoms with van der Waals surface area (Å²) >= 11 is 3.43. The maximum Gasteiger partial charge on any atom is 0.120 e. The van der Waals surface area contributed by atoms with Crippen molar-refractivity contribution >= 4 is 15.9 Å². The van der Waals surface area contributed by atoms with Crippen molar-refractivity contribution < 1.29 is 4.74 Å². The Balaban J connectivity index is 1.61. The molecule has 0 atom stereocenters. The summed E-state index contributed by atoms with van der Waals surface area (Å²) in [7, 11) is 0. The fraction of sp³-hybridized carbons (Fsp3) is 0.538. The summed E-state index contributed by atoms with van der Waals surface area (Å²) < 4.78 is 6.70. The number of hydrogen-bond donors (Lipinski definition) is 1. The second-order valence-corrected chi connectivity index (χ2v) is 5.45. The molecule has 0 radical (unpaired) electrons. The van der Waals surface area contributed by atoms with E-state index in [9.17, 15) is 0 Å². The van der Waals surface area contributed by atoms with Gasteiger partial charge in [-0.05, 0) is 37.0 Å². The SMILES string of the molecule is CC1CC(NCCOc2cccc(Br)c2)C1. The first-order valence-corrected chi connectivity index (χ1v) is 6.65. The third-order valence-electron chi connectivity index (χ3n) is 2.97. The summed E-state index contributed by atoms with van der Waals surface area (Å²) in [4.78, 5) is 0. The Labute approximate surface area is 106 Å². The average molecular weight is 284 g/mol. The maximum absolute atomic E-state index is 5.64. The smallest absolute Gasteiger partial charge is 0.120 e. The summed E-state index contributed by atoms with van der Waals surface area (Å²) in [5.74, 6) is 1.83. The van der Waals surface area contributed by atoms with Crippen LogP contribution in [0.15, 0.2) is 28.7 Å². The molecule has 1 fully saturated rings. The van der Waals surface area contributed by atoms with Crippen LogP contribution in [-0.2, 0) is 0 Å². The first-order chi connectivity index (χ1) is 7.74.